The molecule has 0 aromatic rings. The predicted octanol–water partition coefficient (Wildman–Crippen LogP) is 17.8. The molecule has 0 spiro atoms. The van der Waals surface area contributed by atoms with Gasteiger partial charge in [-0.1, -0.05) is 251 Å². The van der Waals surface area contributed by atoms with E-state index >= 15 is 0 Å². The fraction of sp³-hybridized carbons (Fsp3) is 0.909. The van der Waals surface area contributed by atoms with Crippen LogP contribution in [-0.2, 0) is 28.6 Å². The normalized spacial score (nSPS) is 12.0. The molecule has 0 unspecified atom stereocenters. The highest BCUT2D eigenvalue weighted by Gasteiger charge is 2.19. The van der Waals surface area contributed by atoms with Crippen LogP contribution in [0.3, 0.4) is 0 Å². The summed E-state index contributed by atoms with van der Waals surface area (Å²) in [6, 6.07) is 0. The fourth-order valence-electron chi connectivity index (χ4n) is 8.14. The van der Waals surface area contributed by atoms with Gasteiger partial charge in [0.1, 0.15) is 13.2 Å². The molecule has 0 saturated carbocycles. The second kappa shape index (κ2) is 50.8. The standard InChI is InChI=1S/C55H104O6/c1-4-7-10-13-16-19-22-24-26-27-29-30-33-36-39-42-45-48-54(57)60-51-52(50-59-53(56)47-44-41-38-35-32-21-18-15-12-9-6-3)61-55(58)49-46-43-40-37-34-31-28-25-23-20-17-14-11-8-5-2/h25,28,52H,4-24,26-27,29-51H2,1-3H3/b28-25-/t52-/m0/s1. The number of rotatable bonds is 50. The summed E-state index contributed by atoms with van der Waals surface area (Å²) in [5.41, 5.74) is 0. The zero-order chi connectivity index (χ0) is 44.4. The van der Waals surface area contributed by atoms with Gasteiger partial charge in [0.05, 0.1) is 0 Å². The summed E-state index contributed by atoms with van der Waals surface area (Å²) >= 11 is 0. The van der Waals surface area contributed by atoms with Crippen LogP contribution in [-0.4, -0.2) is 37.2 Å². The SMILES string of the molecule is CCCCCCCC/C=C\CCCCCCCC(=O)O[C@@H](COC(=O)CCCCCCCCCCCCC)COC(=O)CCCCCCCCCCCCCCCCCCC. The molecule has 6 heteroatoms. The van der Waals surface area contributed by atoms with E-state index in [1.54, 1.807) is 0 Å². The number of hydrogen-bond donors (Lipinski definition) is 0. The number of unbranched alkanes of at least 4 members (excludes halogenated alkanes) is 37. The summed E-state index contributed by atoms with van der Waals surface area (Å²) in [6.45, 7) is 6.66. The van der Waals surface area contributed by atoms with Crippen molar-refractivity contribution in [1.82, 2.24) is 0 Å². The molecule has 0 aliphatic carbocycles. The molecule has 6 nitrogen and oxygen atoms in total. The first-order valence-corrected chi connectivity index (χ1v) is 27.2. The number of esters is 3. The summed E-state index contributed by atoms with van der Waals surface area (Å²) in [7, 11) is 0. The Hall–Kier alpha value is -1.85. The Kier molecular flexibility index (Phi) is 49.3. The second-order valence-electron chi connectivity index (χ2n) is 18.5. The second-order valence-corrected chi connectivity index (χ2v) is 18.5. The average molecular weight is 861 g/mol. The molecule has 0 heterocycles. The van der Waals surface area contributed by atoms with Gasteiger partial charge in [-0.05, 0) is 44.9 Å². The van der Waals surface area contributed by atoms with Gasteiger partial charge in [0.15, 0.2) is 6.10 Å². The van der Waals surface area contributed by atoms with E-state index in [0.29, 0.717) is 19.3 Å². The van der Waals surface area contributed by atoms with Crippen LogP contribution in [0.2, 0.25) is 0 Å². The lowest BCUT2D eigenvalue weighted by Crippen LogP contribution is -2.30. The Morgan fingerprint density at radius 1 is 0.311 bits per heavy atom. The first-order valence-electron chi connectivity index (χ1n) is 27.2. The molecule has 0 aliphatic heterocycles. The molecular formula is C55H104O6. The van der Waals surface area contributed by atoms with Crippen LogP contribution in [0.5, 0.6) is 0 Å². The summed E-state index contributed by atoms with van der Waals surface area (Å²) in [4.78, 5) is 38.0. The molecule has 61 heavy (non-hydrogen) atoms. The topological polar surface area (TPSA) is 78.9 Å². The molecule has 0 N–H and O–H groups in total. The minimum atomic E-state index is -0.767. The van der Waals surface area contributed by atoms with E-state index in [-0.39, 0.29) is 31.1 Å². The van der Waals surface area contributed by atoms with Gasteiger partial charge >= 0.3 is 17.9 Å². The Balaban J connectivity index is 4.30. The smallest absolute Gasteiger partial charge is 0.306 e. The van der Waals surface area contributed by atoms with Crippen molar-refractivity contribution >= 4 is 17.9 Å². The molecule has 0 radical (unpaired) electrons. The van der Waals surface area contributed by atoms with Crippen LogP contribution < -0.4 is 0 Å². The molecule has 0 rings (SSSR count). The van der Waals surface area contributed by atoms with E-state index in [4.69, 9.17) is 14.2 Å². The predicted molar refractivity (Wildman–Crippen MR) is 261 cm³/mol. The highest BCUT2D eigenvalue weighted by Crippen LogP contribution is 2.16. The molecule has 0 aromatic carbocycles. The maximum atomic E-state index is 12.8. The molecule has 0 saturated heterocycles. The summed E-state index contributed by atoms with van der Waals surface area (Å²) < 4.78 is 16.8. The van der Waals surface area contributed by atoms with Gasteiger partial charge in [-0.2, -0.15) is 0 Å². The zero-order valence-corrected chi connectivity index (χ0v) is 41.2. The monoisotopic (exact) mass is 861 g/mol. The first kappa shape index (κ1) is 59.1. The van der Waals surface area contributed by atoms with Gasteiger partial charge in [0.2, 0.25) is 0 Å². The van der Waals surface area contributed by atoms with Crippen molar-refractivity contribution in [1.29, 1.82) is 0 Å². The van der Waals surface area contributed by atoms with E-state index in [1.807, 2.05) is 0 Å². The lowest BCUT2D eigenvalue weighted by molar-refractivity contribution is -0.167. The van der Waals surface area contributed by atoms with Gasteiger partial charge < -0.3 is 14.2 Å². The van der Waals surface area contributed by atoms with E-state index in [2.05, 4.69) is 32.9 Å². The maximum absolute atomic E-state index is 12.8. The minimum Gasteiger partial charge on any atom is -0.462 e. The highest BCUT2D eigenvalue weighted by molar-refractivity contribution is 5.71. The first-order chi connectivity index (χ1) is 30.0. The van der Waals surface area contributed by atoms with E-state index < -0.39 is 6.10 Å². The van der Waals surface area contributed by atoms with Crippen LogP contribution in [0.25, 0.3) is 0 Å². The Morgan fingerprint density at radius 2 is 0.541 bits per heavy atom. The van der Waals surface area contributed by atoms with Crippen molar-refractivity contribution in [2.75, 3.05) is 13.2 Å². The van der Waals surface area contributed by atoms with Gasteiger partial charge in [-0.3, -0.25) is 14.4 Å². The molecule has 360 valence electrons. The van der Waals surface area contributed by atoms with Crippen molar-refractivity contribution in [3.63, 3.8) is 0 Å². The summed E-state index contributed by atoms with van der Waals surface area (Å²) in [6.07, 6.45) is 56.2. The number of allylic oxidation sites excluding steroid dienone is 2. The maximum Gasteiger partial charge on any atom is 0.306 e. The van der Waals surface area contributed by atoms with Crippen LogP contribution >= 0.6 is 0 Å². The van der Waals surface area contributed by atoms with Crippen molar-refractivity contribution in [3.8, 4) is 0 Å². The summed E-state index contributed by atoms with van der Waals surface area (Å²) in [5.74, 6) is -0.858. The Morgan fingerprint density at radius 3 is 0.820 bits per heavy atom. The third kappa shape index (κ3) is 49.0. The van der Waals surface area contributed by atoms with Gasteiger partial charge in [-0.25, -0.2) is 0 Å². The number of hydrogen-bond acceptors (Lipinski definition) is 6. The van der Waals surface area contributed by atoms with Crippen LogP contribution in [0.1, 0.15) is 303 Å². The average Bonchev–Trinajstić information content (AvgIpc) is 3.26. The third-order valence-corrected chi connectivity index (χ3v) is 12.3. The van der Waals surface area contributed by atoms with Crippen molar-refractivity contribution < 1.29 is 28.6 Å². The minimum absolute atomic E-state index is 0.0678. The quantitative estimate of drug-likeness (QED) is 0.0262. The van der Waals surface area contributed by atoms with Crippen LogP contribution in [0.15, 0.2) is 12.2 Å². The Bertz CT molecular complexity index is 947. The molecule has 0 fully saturated rings. The third-order valence-electron chi connectivity index (χ3n) is 12.3. The van der Waals surface area contributed by atoms with Crippen LogP contribution in [0.4, 0.5) is 0 Å². The van der Waals surface area contributed by atoms with Gasteiger partial charge in [0.25, 0.3) is 0 Å². The van der Waals surface area contributed by atoms with Crippen LogP contribution in [0, 0.1) is 0 Å². The summed E-state index contributed by atoms with van der Waals surface area (Å²) in [5, 5.41) is 0. The van der Waals surface area contributed by atoms with Crippen molar-refractivity contribution in [2.45, 2.75) is 309 Å². The molecule has 0 aliphatic rings. The number of carbonyl (C=O) groups excluding carboxylic acids is 3. The van der Waals surface area contributed by atoms with Crippen molar-refractivity contribution in [2.24, 2.45) is 0 Å². The molecule has 0 amide bonds. The largest absolute Gasteiger partial charge is 0.462 e. The highest BCUT2D eigenvalue weighted by atomic mass is 16.6. The molecule has 1 atom stereocenters. The number of ether oxygens (including phenoxy) is 3. The fourth-order valence-corrected chi connectivity index (χ4v) is 8.14. The van der Waals surface area contributed by atoms with E-state index in [0.717, 1.165) is 64.2 Å². The zero-order valence-electron chi connectivity index (χ0n) is 41.2. The number of carbonyl (C=O) groups is 3. The van der Waals surface area contributed by atoms with Gasteiger partial charge in [0, 0.05) is 19.3 Å². The van der Waals surface area contributed by atoms with Gasteiger partial charge in [-0.15, -0.1) is 0 Å². The molecular weight excluding hydrogens is 757 g/mol. The van der Waals surface area contributed by atoms with Crippen molar-refractivity contribution in [3.05, 3.63) is 12.2 Å². The molecule has 0 aromatic heterocycles. The lowest BCUT2D eigenvalue weighted by atomic mass is 10.0. The lowest BCUT2D eigenvalue weighted by Gasteiger charge is -2.18. The Labute approximate surface area is 380 Å². The molecule has 0 bridgehead atoms. The van der Waals surface area contributed by atoms with E-state index in [1.165, 1.54) is 199 Å². The van der Waals surface area contributed by atoms with E-state index in [9.17, 15) is 14.4 Å².